The summed E-state index contributed by atoms with van der Waals surface area (Å²) in [5, 5.41) is 15.2. The van der Waals surface area contributed by atoms with Gasteiger partial charge in [-0.3, -0.25) is 10.00 Å². The highest BCUT2D eigenvalue weighted by molar-refractivity contribution is 5.86. The van der Waals surface area contributed by atoms with Gasteiger partial charge in [-0.1, -0.05) is 0 Å². The highest BCUT2D eigenvalue weighted by Gasteiger charge is 2.18. The van der Waals surface area contributed by atoms with Gasteiger partial charge in [0.05, 0.1) is 6.20 Å². The van der Waals surface area contributed by atoms with Crippen molar-refractivity contribution in [2.24, 2.45) is 7.05 Å². The quantitative estimate of drug-likeness (QED) is 0.783. The largest absolute Gasteiger partial charge is 0.444 e. The van der Waals surface area contributed by atoms with Gasteiger partial charge >= 0.3 is 6.09 Å². The zero-order valence-corrected chi connectivity index (χ0v) is 9.74. The van der Waals surface area contributed by atoms with Crippen LogP contribution >= 0.6 is 0 Å². The molecule has 1 N–H and O–H groups in total. The summed E-state index contributed by atoms with van der Waals surface area (Å²) in [6, 6.07) is 1.94. The first-order valence-electron chi connectivity index (χ1n) is 4.75. The van der Waals surface area contributed by atoms with Gasteiger partial charge in [-0.2, -0.15) is 10.4 Å². The summed E-state index contributed by atoms with van der Waals surface area (Å²) < 4.78 is 6.44. The molecular formula is C10H14N4O2. The predicted octanol–water partition coefficient (Wildman–Crippen LogP) is 1.64. The molecule has 0 bridgehead atoms. The predicted molar refractivity (Wildman–Crippen MR) is 57.8 cm³/mol. The number of nitrogens with zero attached hydrogens (tertiary/aromatic N) is 3. The molecule has 86 valence electrons. The van der Waals surface area contributed by atoms with Crippen LogP contribution in [-0.4, -0.2) is 21.5 Å². The molecule has 0 aliphatic carbocycles. The number of anilines is 1. The van der Waals surface area contributed by atoms with Gasteiger partial charge < -0.3 is 4.74 Å². The van der Waals surface area contributed by atoms with Crippen molar-refractivity contribution in [3.8, 4) is 6.07 Å². The van der Waals surface area contributed by atoms with Crippen molar-refractivity contribution in [2.75, 3.05) is 5.32 Å². The lowest BCUT2D eigenvalue weighted by Gasteiger charge is -2.19. The zero-order valence-electron chi connectivity index (χ0n) is 9.74. The molecule has 0 unspecified atom stereocenters. The molecule has 0 aliphatic heterocycles. The van der Waals surface area contributed by atoms with Crippen molar-refractivity contribution in [1.82, 2.24) is 9.78 Å². The lowest BCUT2D eigenvalue weighted by Crippen LogP contribution is -2.27. The minimum Gasteiger partial charge on any atom is -0.444 e. The van der Waals surface area contributed by atoms with E-state index in [9.17, 15) is 4.79 Å². The fourth-order valence-electron chi connectivity index (χ4n) is 1.08. The van der Waals surface area contributed by atoms with Crippen molar-refractivity contribution in [2.45, 2.75) is 26.4 Å². The second-order valence-electron chi connectivity index (χ2n) is 4.27. The molecule has 1 heterocycles. The lowest BCUT2D eigenvalue weighted by molar-refractivity contribution is 0.0636. The first kappa shape index (κ1) is 12.0. The van der Waals surface area contributed by atoms with Crippen LogP contribution in [0.25, 0.3) is 0 Å². The minimum atomic E-state index is -0.600. The Bertz CT molecular complexity index is 437. The van der Waals surface area contributed by atoms with Crippen LogP contribution in [-0.2, 0) is 11.8 Å². The van der Waals surface area contributed by atoms with E-state index in [1.165, 1.54) is 10.9 Å². The topological polar surface area (TPSA) is 79.9 Å². The van der Waals surface area contributed by atoms with Crippen LogP contribution in [0.3, 0.4) is 0 Å². The van der Waals surface area contributed by atoms with E-state index in [-0.39, 0.29) is 5.69 Å². The summed E-state index contributed by atoms with van der Waals surface area (Å²) in [5.41, 5.74) is 0.0594. The molecule has 0 aliphatic rings. The number of nitriles is 1. The number of hydrogen-bond acceptors (Lipinski definition) is 4. The van der Waals surface area contributed by atoms with Crippen molar-refractivity contribution >= 4 is 11.8 Å². The molecule has 1 aromatic heterocycles. The Balaban J connectivity index is 2.75. The van der Waals surface area contributed by atoms with Crippen LogP contribution in [0.4, 0.5) is 10.5 Å². The number of ether oxygens (including phenoxy) is 1. The number of aryl methyl sites for hydroxylation is 1. The summed E-state index contributed by atoms with van der Waals surface area (Å²) in [6.07, 6.45) is 0.805. The number of amides is 1. The van der Waals surface area contributed by atoms with Gasteiger partial charge in [-0.15, -0.1) is 0 Å². The van der Waals surface area contributed by atoms with Gasteiger partial charge in [0, 0.05) is 7.05 Å². The van der Waals surface area contributed by atoms with E-state index in [4.69, 9.17) is 10.00 Å². The second kappa shape index (κ2) is 4.23. The molecule has 6 heteroatoms. The van der Waals surface area contributed by atoms with E-state index in [1.807, 2.05) is 6.07 Å². The summed E-state index contributed by atoms with van der Waals surface area (Å²) in [5.74, 6) is 0. The summed E-state index contributed by atoms with van der Waals surface area (Å²) in [4.78, 5) is 11.4. The maximum Gasteiger partial charge on any atom is 0.412 e. The third kappa shape index (κ3) is 2.98. The number of aromatic nitrogens is 2. The molecule has 0 fully saturated rings. The minimum absolute atomic E-state index is 0.283. The highest BCUT2D eigenvalue weighted by atomic mass is 16.6. The molecule has 1 aromatic rings. The average Bonchev–Trinajstić information content (AvgIpc) is 2.43. The fourth-order valence-corrected chi connectivity index (χ4v) is 1.08. The van der Waals surface area contributed by atoms with E-state index in [2.05, 4.69) is 10.4 Å². The molecule has 0 spiro atoms. The Kier molecular flexibility index (Phi) is 3.18. The van der Waals surface area contributed by atoms with Gasteiger partial charge in [0.25, 0.3) is 0 Å². The van der Waals surface area contributed by atoms with Crippen molar-refractivity contribution < 1.29 is 9.53 Å². The Labute approximate surface area is 93.8 Å². The van der Waals surface area contributed by atoms with Crippen molar-refractivity contribution in [1.29, 1.82) is 5.26 Å². The van der Waals surface area contributed by atoms with E-state index >= 15 is 0 Å². The van der Waals surface area contributed by atoms with E-state index in [0.717, 1.165) is 0 Å². The third-order valence-electron chi connectivity index (χ3n) is 1.68. The maximum absolute atomic E-state index is 11.4. The van der Waals surface area contributed by atoms with Crippen LogP contribution in [0.1, 0.15) is 26.5 Å². The molecule has 0 saturated heterocycles. The van der Waals surface area contributed by atoms with Crippen LogP contribution in [0, 0.1) is 11.3 Å². The molecule has 0 saturated carbocycles. The summed E-state index contributed by atoms with van der Waals surface area (Å²) in [6.45, 7) is 5.29. The van der Waals surface area contributed by atoms with Gasteiger partial charge in [0.2, 0.25) is 0 Å². The SMILES string of the molecule is Cn1ncc(NC(=O)OC(C)(C)C)c1C#N. The zero-order chi connectivity index (χ0) is 12.3. The van der Waals surface area contributed by atoms with Crippen LogP contribution in [0.15, 0.2) is 6.20 Å². The maximum atomic E-state index is 11.4. The Morgan fingerprint density at radius 2 is 2.25 bits per heavy atom. The van der Waals surface area contributed by atoms with Crippen LogP contribution < -0.4 is 5.32 Å². The fraction of sp³-hybridized carbons (Fsp3) is 0.500. The second-order valence-corrected chi connectivity index (χ2v) is 4.27. The van der Waals surface area contributed by atoms with Gasteiger partial charge in [0.15, 0.2) is 5.69 Å². The normalized spacial score (nSPS) is 10.7. The molecule has 1 amide bonds. The number of rotatable bonds is 1. The van der Waals surface area contributed by atoms with E-state index < -0.39 is 11.7 Å². The molecule has 16 heavy (non-hydrogen) atoms. The lowest BCUT2D eigenvalue weighted by atomic mass is 10.2. The van der Waals surface area contributed by atoms with Crippen molar-refractivity contribution in [3.05, 3.63) is 11.9 Å². The average molecular weight is 222 g/mol. The molecular weight excluding hydrogens is 208 g/mol. The number of nitrogens with one attached hydrogen (secondary N) is 1. The summed E-state index contributed by atoms with van der Waals surface area (Å²) >= 11 is 0. The Morgan fingerprint density at radius 1 is 1.62 bits per heavy atom. The number of carbonyl (C=O) groups excluding carboxylic acids is 1. The number of hydrogen-bond donors (Lipinski definition) is 1. The molecule has 0 aromatic carbocycles. The Hall–Kier alpha value is -2.03. The monoisotopic (exact) mass is 222 g/mol. The summed E-state index contributed by atoms with van der Waals surface area (Å²) in [7, 11) is 1.62. The number of carbonyl (C=O) groups is 1. The van der Waals surface area contributed by atoms with Crippen LogP contribution in [0.5, 0.6) is 0 Å². The highest BCUT2D eigenvalue weighted by Crippen LogP contribution is 2.14. The van der Waals surface area contributed by atoms with Gasteiger partial charge in [-0.05, 0) is 20.8 Å². The van der Waals surface area contributed by atoms with Gasteiger partial charge in [-0.25, -0.2) is 4.79 Å². The molecule has 0 radical (unpaired) electrons. The van der Waals surface area contributed by atoms with E-state index in [1.54, 1.807) is 27.8 Å². The molecule has 0 atom stereocenters. The third-order valence-corrected chi connectivity index (χ3v) is 1.68. The van der Waals surface area contributed by atoms with Gasteiger partial charge in [0.1, 0.15) is 17.4 Å². The standard InChI is InChI=1S/C10H14N4O2/c1-10(2,3)16-9(15)13-7-6-12-14(4)8(7)5-11/h6H,1-4H3,(H,13,15). The smallest absolute Gasteiger partial charge is 0.412 e. The Morgan fingerprint density at radius 3 is 2.75 bits per heavy atom. The first-order valence-corrected chi connectivity index (χ1v) is 4.75. The molecule has 6 nitrogen and oxygen atoms in total. The molecule has 1 rings (SSSR count). The van der Waals surface area contributed by atoms with Crippen LogP contribution in [0.2, 0.25) is 0 Å². The van der Waals surface area contributed by atoms with Crippen molar-refractivity contribution in [3.63, 3.8) is 0 Å². The first-order chi connectivity index (χ1) is 7.33. The van der Waals surface area contributed by atoms with E-state index in [0.29, 0.717) is 5.69 Å².